The molecular formula is C12H18IN3S2. The maximum atomic E-state index is 4.81. The Morgan fingerprint density at radius 1 is 1.33 bits per heavy atom. The van der Waals surface area contributed by atoms with E-state index in [9.17, 15) is 0 Å². The van der Waals surface area contributed by atoms with Crippen LogP contribution in [0.1, 0.15) is 36.5 Å². The third-order valence-corrected chi connectivity index (χ3v) is 6.60. The van der Waals surface area contributed by atoms with Crippen molar-refractivity contribution in [2.45, 2.75) is 25.0 Å². The molecule has 1 aliphatic rings. The lowest BCUT2D eigenvalue weighted by atomic mass is 10.1. The molecule has 1 aromatic heterocycles. The molecule has 2 heterocycles. The van der Waals surface area contributed by atoms with E-state index in [2.05, 4.69) is 41.8 Å². The highest BCUT2D eigenvalue weighted by molar-refractivity contribution is 14.1. The summed E-state index contributed by atoms with van der Waals surface area (Å²) in [6.45, 7) is 4.38. The van der Waals surface area contributed by atoms with Gasteiger partial charge in [0.15, 0.2) is 0 Å². The molecule has 18 heavy (non-hydrogen) atoms. The van der Waals surface area contributed by atoms with Crippen LogP contribution in [-0.4, -0.2) is 34.3 Å². The molecule has 0 spiro atoms. The summed E-state index contributed by atoms with van der Waals surface area (Å²) in [6.07, 6.45) is 0. The summed E-state index contributed by atoms with van der Waals surface area (Å²) in [4.78, 5) is 9.50. The fourth-order valence-electron chi connectivity index (χ4n) is 1.81. The number of hydrogen-bond donors (Lipinski definition) is 1. The molecule has 0 aromatic carbocycles. The van der Waals surface area contributed by atoms with Crippen LogP contribution < -0.4 is 5.32 Å². The highest BCUT2D eigenvalue weighted by Gasteiger charge is 2.22. The van der Waals surface area contributed by atoms with Gasteiger partial charge < -0.3 is 5.32 Å². The van der Waals surface area contributed by atoms with Gasteiger partial charge in [-0.1, -0.05) is 13.8 Å². The van der Waals surface area contributed by atoms with Gasteiger partial charge in [0, 0.05) is 24.3 Å². The summed E-state index contributed by atoms with van der Waals surface area (Å²) in [7, 11) is 1.93. The predicted octanol–water partition coefficient (Wildman–Crippen LogP) is 3.77. The topological polar surface area (TPSA) is 37.8 Å². The number of hydrogen-bond acceptors (Lipinski definition) is 5. The number of nitrogens with one attached hydrogen (secondary N) is 1. The lowest BCUT2D eigenvalue weighted by Gasteiger charge is -2.22. The maximum Gasteiger partial charge on any atom is 0.144 e. The SMILES string of the molecule is CNc1nc(C2CSCCS2)nc(C(C)C)c1I. The molecule has 0 aliphatic carbocycles. The van der Waals surface area contributed by atoms with Crippen molar-refractivity contribution < 1.29 is 0 Å². The zero-order valence-electron chi connectivity index (χ0n) is 10.9. The second-order valence-electron chi connectivity index (χ2n) is 4.47. The summed E-state index contributed by atoms with van der Waals surface area (Å²) in [5, 5.41) is 3.64. The van der Waals surface area contributed by atoms with Gasteiger partial charge in [0.2, 0.25) is 0 Å². The van der Waals surface area contributed by atoms with E-state index in [0.29, 0.717) is 11.2 Å². The molecule has 6 heteroatoms. The molecule has 3 nitrogen and oxygen atoms in total. The number of nitrogens with zero attached hydrogens (tertiary/aromatic N) is 2. The molecule has 1 unspecified atom stereocenters. The third kappa shape index (κ3) is 3.25. The van der Waals surface area contributed by atoms with Crippen molar-refractivity contribution in [1.29, 1.82) is 0 Å². The summed E-state index contributed by atoms with van der Waals surface area (Å²) in [6, 6.07) is 0. The molecule has 1 fully saturated rings. The van der Waals surface area contributed by atoms with Crippen LogP contribution >= 0.6 is 46.1 Å². The van der Waals surface area contributed by atoms with Gasteiger partial charge in [-0.25, -0.2) is 9.97 Å². The standard InChI is InChI=1S/C12H18IN3S2/c1-7(2)10-9(13)12(14-3)16-11(15-10)8-6-17-4-5-18-8/h7-8H,4-6H2,1-3H3,(H,14,15,16). The zero-order valence-corrected chi connectivity index (χ0v) is 14.7. The lowest BCUT2D eigenvalue weighted by molar-refractivity contribution is 0.777. The van der Waals surface area contributed by atoms with Gasteiger partial charge in [-0.2, -0.15) is 11.8 Å². The number of thioether (sulfide) groups is 2. The molecule has 100 valence electrons. The minimum absolute atomic E-state index is 0.437. The fraction of sp³-hybridized carbons (Fsp3) is 0.667. The van der Waals surface area contributed by atoms with Crippen molar-refractivity contribution in [2.75, 3.05) is 29.6 Å². The van der Waals surface area contributed by atoms with Crippen molar-refractivity contribution in [3.63, 3.8) is 0 Å². The number of halogens is 1. The minimum atomic E-state index is 0.437. The van der Waals surface area contributed by atoms with Crippen LogP contribution in [0.4, 0.5) is 5.82 Å². The second kappa shape index (κ2) is 6.65. The smallest absolute Gasteiger partial charge is 0.144 e. The van der Waals surface area contributed by atoms with Gasteiger partial charge in [-0.15, -0.1) is 11.8 Å². The van der Waals surface area contributed by atoms with Gasteiger partial charge in [0.1, 0.15) is 11.6 Å². The second-order valence-corrected chi connectivity index (χ2v) is 8.01. The average Bonchev–Trinajstić information content (AvgIpc) is 2.39. The van der Waals surface area contributed by atoms with E-state index >= 15 is 0 Å². The minimum Gasteiger partial charge on any atom is -0.372 e. The quantitative estimate of drug-likeness (QED) is 0.789. The molecule has 1 saturated heterocycles. The van der Waals surface area contributed by atoms with Gasteiger partial charge in [-0.3, -0.25) is 0 Å². The number of aromatic nitrogens is 2. The molecule has 0 saturated carbocycles. The Bertz CT molecular complexity index is 420. The van der Waals surface area contributed by atoms with E-state index in [1.165, 1.54) is 17.2 Å². The first-order valence-corrected chi connectivity index (χ1v) is 9.36. The summed E-state index contributed by atoms with van der Waals surface area (Å²) in [5.74, 6) is 6.00. The summed E-state index contributed by atoms with van der Waals surface area (Å²) in [5.41, 5.74) is 1.17. The number of anilines is 1. The van der Waals surface area contributed by atoms with Crippen LogP contribution in [0.25, 0.3) is 0 Å². The Labute approximate surface area is 131 Å². The van der Waals surface area contributed by atoms with Crippen LogP contribution in [0, 0.1) is 3.57 Å². The van der Waals surface area contributed by atoms with Crippen LogP contribution in [0.2, 0.25) is 0 Å². The van der Waals surface area contributed by atoms with Crippen molar-refractivity contribution >= 4 is 51.9 Å². The van der Waals surface area contributed by atoms with E-state index in [1.807, 2.05) is 30.6 Å². The molecule has 0 amide bonds. The molecule has 0 bridgehead atoms. The van der Waals surface area contributed by atoms with Crippen LogP contribution in [0.5, 0.6) is 0 Å². The molecule has 2 rings (SSSR count). The van der Waals surface area contributed by atoms with E-state index in [-0.39, 0.29) is 0 Å². The van der Waals surface area contributed by atoms with E-state index in [4.69, 9.17) is 9.97 Å². The van der Waals surface area contributed by atoms with E-state index in [1.54, 1.807) is 0 Å². The van der Waals surface area contributed by atoms with E-state index in [0.717, 1.165) is 21.0 Å². The predicted molar refractivity (Wildman–Crippen MR) is 90.9 cm³/mol. The van der Waals surface area contributed by atoms with Gasteiger partial charge in [-0.05, 0) is 28.5 Å². The first kappa shape index (κ1) is 14.7. The van der Waals surface area contributed by atoms with Gasteiger partial charge in [0.05, 0.1) is 14.5 Å². The molecular weight excluding hydrogens is 377 g/mol. The Kier molecular flexibility index (Phi) is 5.44. The number of rotatable bonds is 3. The average molecular weight is 395 g/mol. The first-order chi connectivity index (χ1) is 8.63. The summed E-state index contributed by atoms with van der Waals surface area (Å²) < 4.78 is 1.15. The normalized spacial score (nSPS) is 20.2. The third-order valence-electron chi connectivity index (χ3n) is 2.78. The maximum absolute atomic E-state index is 4.81. The van der Waals surface area contributed by atoms with Gasteiger partial charge in [0.25, 0.3) is 0 Å². The van der Waals surface area contributed by atoms with Crippen LogP contribution in [0.3, 0.4) is 0 Å². The molecule has 1 aromatic rings. The fourth-order valence-corrected chi connectivity index (χ4v) is 5.54. The van der Waals surface area contributed by atoms with Crippen LogP contribution in [-0.2, 0) is 0 Å². The monoisotopic (exact) mass is 395 g/mol. The molecule has 0 radical (unpaired) electrons. The summed E-state index contributed by atoms with van der Waals surface area (Å²) >= 11 is 6.34. The van der Waals surface area contributed by atoms with Crippen LogP contribution in [0.15, 0.2) is 0 Å². The largest absolute Gasteiger partial charge is 0.372 e. The van der Waals surface area contributed by atoms with Crippen molar-refractivity contribution in [3.8, 4) is 0 Å². The van der Waals surface area contributed by atoms with E-state index < -0.39 is 0 Å². The molecule has 1 atom stereocenters. The Balaban J connectivity index is 2.37. The Morgan fingerprint density at radius 2 is 2.11 bits per heavy atom. The highest BCUT2D eigenvalue weighted by Crippen LogP contribution is 2.37. The van der Waals surface area contributed by atoms with Crippen molar-refractivity contribution in [1.82, 2.24) is 9.97 Å². The Hall–Kier alpha value is 0.310. The molecule has 1 N–H and O–H groups in total. The van der Waals surface area contributed by atoms with Crippen molar-refractivity contribution in [3.05, 3.63) is 15.1 Å². The Morgan fingerprint density at radius 3 is 2.67 bits per heavy atom. The highest BCUT2D eigenvalue weighted by atomic mass is 127. The zero-order chi connectivity index (χ0) is 13.1. The lowest BCUT2D eigenvalue weighted by Crippen LogP contribution is -2.14. The molecule has 1 aliphatic heterocycles. The van der Waals surface area contributed by atoms with Crippen molar-refractivity contribution in [2.24, 2.45) is 0 Å². The van der Waals surface area contributed by atoms with Gasteiger partial charge >= 0.3 is 0 Å². The first-order valence-electron chi connectivity index (χ1n) is 6.08.